The fourth-order valence-corrected chi connectivity index (χ4v) is 5.39. The fourth-order valence-electron chi connectivity index (χ4n) is 5.39. The van der Waals surface area contributed by atoms with Crippen molar-refractivity contribution in [2.75, 3.05) is 33.4 Å². The van der Waals surface area contributed by atoms with Crippen molar-refractivity contribution < 1.29 is 34.1 Å². The molecule has 9 heteroatoms. The molecular formula is C27H32N2O7. The second kappa shape index (κ2) is 11.0. The van der Waals surface area contributed by atoms with Gasteiger partial charge in [0, 0.05) is 49.9 Å². The Hall–Kier alpha value is -3.59. The molecule has 2 atom stereocenters. The molecule has 36 heavy (non-hydrogen) atoms. The van der Waals surface area contributed by atoms with Crippen molar-refractivity contribution in [2.24, 2.45) is 11.8 Å². The number of hydrogen-bond acceptors (Lipinski definition) is 5. The number of nitrogens with one attached hydrogen (secondary N) is 1. The van der Waals surface area contributed by atoms with Gasteiger partial charge in [-0.05, 0) is 37.8 Å². The lowest BCUT2D eigenvalue weighted by molar-refractivity contribution is -0.144. The molecule has 1 fully saturated rings. The van der Waals surface area contributed by atoms with Crippen molar-refractivity contribution in [1.29, 1.82) is 0 Å². The number of carboxylic acids is 1. The van der Waals surface area contributed by atoms with Crippen molar-refractivity contribution in [1.82, 2.24) is 10.2 Å². The van der Waals surface area contributed by atoms with Gasteiger partial charge < -0.3 is 29.9 Å². The van der Waals surface area contributed by atoms with Gasteiger partial charge in [-0.3, -0.25) is 9.59 Å². The molecule has 2 aliphatic rings. The second-order valence-electron chi connectivity index (χ2n) is 9.50. The molecular weight excluding hydrogens is 464 g/mol. The lowest BCUT2D eigenvalue weighted by Gasteiger charge is -2.41. The van der Waals surface area contributed by atoms with Crippen LogP contribution in [0.15, 0.2) is 48.5 Å². The number of hydrogen-bond donors (Lipinski definition) is 3. The van der Waals surface area contributed by atoms with Crippen molar-refractivity contribution >= 4 is 18.0 Å². The Bertz CT molecular complexity index is 1050. The Morgan fingerprint density at radius 1 is 1.00 bits per heavy atom. The molecule has 2 aromatic carbocycles. The number of rotatable bonds is 9. The van der Waals surface area contributed by atoms with Crippen molar-refractivity contribution in [3.8, 4) is 11.5 Å². The monoisotopic (exact) mass is 496 g/mol. The molecule has 0 radical (unpaired) electrons. The molecule has 0 aromatic heterocycles. The molecule has 0 saturated carbocycles. The zero-order chi connectivity index (χ0) is 25.7. The number of aliphatic carboxylic acids is 1. The maximum atomic E-state index is 13.3. The summed E-state index contributed by atoms with van der Waals surface area (Å²) in [6.45, 7) is 0.765. The molecule has 2 amide bonds. The highest BCUT2D eigenvalue weighted by Crippen LogP contribution is 2.50. The number of nitrogens with zero attached hydrogens (tertiary/aromatic N) is 1. The van der Waals surface area contributed by atoms with Crippen LogP contribution in [0.5, 0.6) is 11.5 Å². The molecule has 2 aromatic rings. The summed E-state index contributed by atoms with van der Waals surface area (Å²) < 4.78 is 11.4. The van der Waals surface area contributed by atoms with E-state index in [1.54, 1.807) is 7.11 Å². The number of para-hydroxylation sites is 2. The Kier molecular flexibility index (Phi) is 7.79. The van der Waals surface area contributed by atoms with Crippen LogP contribution in [0, 0.1) is 11.8 Å². The molecule has 2 heterocycles. The van der Waals surface area contributed by atoms with E-state index in [2.05, 4.69) is 5.32 Å². The van der Waals surface area contributed by atoms with Gasteiger partial charge in [-0.2, -0.15) is 0 Å². The molecule has 1 saturated heterocycles. The standard InChI is InChI=1S/C27H32N2O7/c1-35-13-7-6-12-27(20-8-2-4-10-22(20)36-23-11-5-3-9-21(23)27)17-28-24(30)18-14-19(25(31)32)16-29(15-18)26(33)34/h2-5,8-11,18-19H,6-7,12-17H2,1H3,(H,28,30)(H,31,32)(H,33,34). The van der Waals surface area contributed by atoms with Crippen molar-refractivity contribution in [2.45, 2.75) is 31.1 Å². The van der Waals surface area contributed by atoms with Crippen LogP contribution in [0.2, 0.25) is 0 Å². The van der Waals surface area contributed by atoms with Crippen molar-refractivity contribution in [3.63, 3.8) is 0 Å². The SMILES string of the molecule is COCCCCC1(CNC(=O)C2CC(C(=O)O)CN(C(=O)O)C2)c2ccccc2Oc2ccccc21. The minimum Gasteiger partial charge on any atom is -0.481 e. The van der Waals surface area contributed by atoms with Crippen LogP contribution in [0.1, 0.15) is 36.8 Å². The Morgan fingerprint density at radius 3 is 2.19 bits per heavy atom. The van der Waals surface area contributed by atoms with Crippen LogP contribution in [0.4, 0.5) is 4.79 Å². The summed E-state index contributed by atoms with van der Waals surface area (Å²) in [5, 5.41) is 22.0. The second-order valence-corrected chi connectivity index (χ2v) is 9.50. The molecule has 0 aliphatic carbocycles. The smallest absolute Gasteiger partial charge is 0.407 e. The average molecular weight is 497 g/mol. The minimum atomic E-state index is -1.22. The Morgan fingerprint density at radius 2 is 1.61 bits per heavy atom. The first-order chi connectivity index (χ1) is 17.4. The number of benzene rings is 2. The summed E-state index contributed by atoms with van der Waals surface area (Å²) >= 11 is 0. The summed E-state index contributed by atoms with van der Waals surface area (Å²) in [6, 6.07) is 15.6. The van der Waals surface area contributed by atoms with E-state index in [0.717, 1.165) is 46.8 Å². The van der Waals surface area contributed by atoms with E-state index in [0.29, 0.717) is 6.61 Å². The third-order valence-electron chi connectivity index (χ3n) is 7.23. The highest BCUT2D eigenvalue weighted by atomic mass is 16.5. The van der Waals surface area contributed by atoms with Gasteiger partial charge in [0.2, 0.25) is 5.91 Å². The lowest BCUT2D eigenvalue weighted by atomic mass is 9.69. The predicted molar refractivity (Wildman–Crippen MR) is 131 cm³/mol. The van der Waals surface area contributed by atoms with E-state index in [-0.39, 0.29) is 32.0 Å². The van der Waals surface area contributed by atoms with Crippen LogP contribution < -0.4 is 10.1 Å². The van der Waals surface area contributed by atoms with E-state index >= 15 is 0 Å². The number of unbranched alkanes of at least 4 members (excludes halogenated alkanes) is 1. The predicted octanol–water partition coefficient (Wildman–Crippen LogP) is 3.71. The van der Waals surface area contributed by atoms with Crippen molar-refractivity contribution in [3.05, 3.63) is 59.7 Å². The van der Waals surface area contributed by atoms with E-state index in [1.165, 1.54) is 0 Å². The van der Waals surface area contributed by atoms with Gasteiger partial charge in [0.25, 0.3) is 0 Å². The Balaban J connectivity index is 1.63. The zero-order valence-electron chi connectivity index (χ0n) is 20.3. The molecule has 3 N–H and O–H groups in total. The summed E-state index contributed by atoms with van der Waals surface area (Å²) in [5.74, 6) is -1.63. The summed E-state index contributed by atoms with van der Waals surface area (Å²) in [6.07, 6.45) is 1.32. The summed E-state index contributed by atoms with van der Waals surface area (Å²) in [7, 11) is 1.67. The number of amides is 2. The molecule has 0 spiro atoms. The number of likely N-dealkylation sites (tertiary alicyclic amines) is 1. The van der Waals surface area contributed by atoms with Gasteiger partial charge in [-0.1, -0.05) is 36.4 Å². The quantitative estimate of drug-likeness (QED) is 0.452. The summed E-state index contributed by atoms with van der Waals surface area (Å²) in [4.78, 5) is 37.6. The van der Waals surface area contributed by atoms with E-state index in [1.807, 2.05) is 48.5 Å². The number of methoxy groups -OCH3 is 1. The number of carbonyl (C=O) groups is 3. The third kappa shape index (κ3) is 5.16. The maximum Gasteiger partial charge on any atom is 0.407 e. The highest BCUT2D eigenvalue weighted by Gasteiger charge is 2.43. The van der Waals surface area contributed by atoms with Crippen LogP contribution in [-0.2, 0) is 19.7 Å². The minimum absolute atomic E-state index is 0.0257. The normalized spacial score (nSPS) is 20.0. The maximum absolute atomic E-state index is 13.3. The number of carboxylic acid groups (broad SMARTS) is 2. The molecule has 0 bridgehead atoms. The topological polar surface area (TPSA) is 125 Å². The first-order valence-corrected chi connectivity index (χ1v) is 12.2. The van der Waals surface area contributed by atoms with Gasteiger partial charge in [0.15, 0.2) is 0 Å². The average Bonchev–Trinajstić information content (AvgIpc) is 2.89. The highest BCUT2D eigenvalue weighted by molar-refractivity contribution is 5.82. The third-order valence-corrected chi connectivity index (χ3v) is 7.23. The van der Waals surface area contributed by atoms with Gasteiger partial charge in [0.1, 0.15) is 11.5 Å². The first-order valence-electron chi connectivity index (χ1n) is 12.2. The van der Waals surface area contributed by atoms with E-state index in [4.69, 9.17) is 9.47 Å². The molecule has 9 nitrogen and oxygen atoms in total. The van der Waals surface area contributed by atoms with Crippen LogP contribution in [0.3, 0.4) is 0 Å². The molecule has 4 rings (SSSR count). The Labute approximate surface area is 210 Å². The largest absolute Gasteiger partial charge is 0.481 e. The zero-order valence-corrected chi connectivity index (χ0v) is 20.3. The summed E-state index contributed by atoms with van der Waals surface area (Å²) in [5.41, 5.74) is 1.38. The number of fused-ring (bicyclic) bond motifs is 2. The van der Waals surface area contributed by atoms with Gasteiger partial charge in [-0.25, -0.2) is 4.79 Å². The van der Waals surface area contributed by atoms with Crippen LogP contribution in [0.25, 0.3) is 0 Å². The van der Waals surface area contributed by atoms with E-state index in [9.17, 15) is 24.6 Å². The number of carbonyl (C=O) groups excluding carboxylic acids is 1. The van der Waals surface area contributed by atoms with E-state index < -0.39 is 29.3 Å². The fraction of sp³-hybridized carbons (Fsp3) is 0.444. The number of piperidine rings is 1. The first kappa shape index (κ1) is 25.5. The van der Waals surface area contributed by atoms with Gasteiger partial charge in [0.05, 0.1) is 11.8 Å². The van der Waals surface area contributed by atoms with Gasteiger partial charge >= 0.3 is 12.1 Å². The molecule has 192 valence electrons. The molecule has 2 unspecified atom stereocenters. The van der Waals surface area contributed by atoms with Crippen LogP contribution >= 0.6 is 0 Å². The van der Waals surface area contributed by atoms with Crippen LogP contribution in [-0.4, -0.2) is 66.4 Å². The molecule has 2 aliphatic heterocycles. The van der Waals surface area contributed by atoms with Gasteiger partial charge in [-0.15, -0.1) is 0 Å². The number of ether oxygens (including phenoxy) is 2. The lowest BCUT2D eigenvalue weighted by Crippen LogP contribution is -2.52.